The first-order valence-electron chi connectivity index (χ1n) is 2.95. The minimum atomic E-state index is -4.94. The lowest BCUT2D eigenvalue weighted by Gasteiger charge is -2.09. The van der Waals surface area contributed by atoms with Gasteiger partial charge in [0.2, 0.25) is 0 Å². The zero-order valence-electron chi connectivity index (χ0n) is 5.83. The van der Waals surface area contributed by atoms with Gasteiger partial charge in [-0.15, -0.1) is 11.3 Å². The van der Waals surface area contributed by atoms with Crippen LogP contribution in [0.4, 0.5) is 26.3 Å². The molecule has 0 bridgehead atoms. The van der Waals surface area contributed by atoms with Crippen molar-refractivity contribution in [2.75, 3.05) is 0 Å². The van der Waals surface area contributed by atoms with Crippen LogP contribution in [0.2, 0.25) is 0 Å². The highest BCUT2D eigenvalue weighted by Gasteiger charge is 2.44. The Bertz CT molecular complexity index is 264. The zero-order valence-corrected chi connectivity index (χ0v) is 6.65. The molecule has 13 heavy (non-hydrogen) atoms. The molecule has 0 spiro atoms. The first kappa shape index (κ1) is 10.4. The van der Waals surface area contributed by atoms with Crippen molar-refractivity contribution >= 4 is 11.3 Å². The van der Waals surface area contributed by atoms with Crippen LogP contribution in [0.3, 0.4) is 0 Å². The second-order valence-electron chi connectivity index (χ2n) is 2.16. The van der Waals surface area contributed by atoms with Crippen LogP contribution in [0.1, 0.15) is 10.4 Å². The molecule has 0 aliphatic rings. The molecule has 1 aromatic heterocycles. The molecule has 0 N–H and O–H groups in total. The minimum absolute atomic E-state index is 0.0384. The average Bonchev–Trinajstić information content (AvgIpc) is 2.27. The fourth-order valence-electron chi connectivity index (χ4n) is 0.752. The number of rotatable bonds is 0. The van der Waals surface area contributed by atoms with Gasteiger partial charge in [0, 0.05) is 0 Å². The van der Waals surface area contributed by atoms with E-state index in [2.05, 4.69) is 0 Å². The van der Waals surface area contributed by atoms with E-state index in [0.717, 1.165) is 5.38 Å². The van der Waals surface area contributed by atoms with Gasteiger partial charge in [-0.1, -0.05) is 0 Å². The number of alkyl halides is 6. The van der Waals surface area contributed by atoms with E-state index in [1.165, 1.54) is 0 Å². The molecule has 0 radical (unpaired) electrons. The molecule has 74 valence electrons. The predicted octanol–water partition coefficient (Wildman–Crippen LogP) is 3.79. The van der Waals surface area contributed by atoms with E-state index >= 15 is 0 Å². The average molecular weight is 220 g/mol. The van der Waals surface area contributed by atoms with E-state index in [9.17, 15) is 26.3 Å². The molecule has 1 aromatic rings. The van der Waals surface area contributed by atoms with Crippen LogP contribution < -0.4 is 0 Å². The van der Waals surface area contributed by atoms with Gasteiger partial charge in [-0.2, -0.15) is 26.3 Å². The van der Waals surface area contributed by atoms with Crippen molar-refractivity contribution in [2.45, 2.75) is 12.4 Å². The Morgan fingerprint density at radius 2 is 1.46 bits per heavy atom. The van der Waals surface area contributed by atoms with Crippen molar-refractivity contribution in [1.82, 2.24) is 0 Å². The van der Waals surface area contributed by atoms with Crippen molar-refractivity contribution in [3.63, 3.8) is 0 Å². The second-order valence-corrected chi connectivity index (χ2v) is 3.08. The Balaban J connectivity index is 3.19. The fourth-order valence-corrected chi connectivity index (χ4v) is 1.54. The normalized spacial score (nSPS) is 13.4. The molecule has 0 saturated heterocycles. The van der Waals surface area contributed by atoms with Gasteiger partial charge >= 0.3 is 12.4 Å². The summed E-state index contributed by atoms with van der Waals surface area (Å²) in [4.78, 5) is -1.60. The van der Waals surface area contributed by atoms with Crippen LogP contribution in [-0.2, 0) is 12.4 Å². The second kappa shape index (κ2) is 2.90. The summed E-state index contributed by atoms with van der Waals surface area (Å²) in [6.45, 7) is 0. The molecular formula is C6H2F6S. The predicted molar refractivity (Wildman–Crippen MR) is 34.3 cm³/mol. The summed E-state index contributed by atoms with van der Waals surface area (Å²) in [6, 6.07) is 0.424. The largest absolute Gasteiger partial charge is 0.426 e. The maximum Gasteiger partial charge on any atom is 0.426 e. The van der Waals surface area contributed by atoms with Crippen LogP contribution in [0.5, 0.6) is 0 Å². The quantitative estimate of drug-likeness (QED) is 0.583. The van der Waals surface area contributed by atoms with Gasteiger partial charge in [0.1, 0.15) is 4.88 Å². The highest BCUT2D eigenvalue weighted by Crippen LogP contribution is 2.42. The SMILES string of the molecule is FC(F)(F)c1ccsc1C(F)(F)F. The van der Waals surface area contributed by atoms with Gasteiger partial charge in [-0.25, -0.2) is 0 Å². The maximum absolute atomic E-state index is 11.9. The molecule has 0 fully saturated rings. The Kier molecular flexibility index (Phi) is 2.31. The number of hydrogen-bond donors (Lipinski definition) is 0. The lowest BCUT2D eigenvalue weighted by Crippen LogP contribution is -2.12. The van der Waals surface area contributed by atoms with Crippen LogP contribution >= 0.6 is 11.3 Å². The molecule has 0 nitrogen and oxygen atoms in total. The molecule has 0 atom stereocenters. The number of halogens is 6. The molecule has 1 rings (SSSR count). The summed E-state index contributed by atoms with van der Waals surface area (Å²) in [6.07, 6.45) is -9.87. The van der Waals surface area contributed by atoms with Crippen LogP contribution in [0, 0.1) is 0 Å². The van der Waals surface area contributed by atoms with Crippen molar-refractivity contribution < 1.29 is 26.3 Å². The first-order chi connectivity index (χ1) is 5.73. The summed E-state index contributed by atoms with van der Waals surface area (Å²) in [5, 5.41) is 0.769. The highest BCUT2D eigenvalue weighted by atomic mass is 32.1. The molecule has 0 aliphatic heterocycles. The minimum Gasteiger partial charge on any atom is -0.166 e. The van der Waals surface area contributed by atoms with Gasteiger partial charge in [0.25, 0.3) is 0 Å². The first-order valence-corrected chi connectivity index (χ1v) is 3.83. The summed E-state index contributed by atoms with van der Waals surface area (Å²) in [5.74, 6) is 0. The van der Waals surface area contributed by atoms with E-state index in [-0.39, 0.29) is 11.3 Å². The number of thiophene rings is 1. The van der Waals surface area contributed by atoms with E-state index in [4.69, 9.17) is 0 Å². The van der Waals surface area contributed by atoms with E-state index in [1.807, 2.05) is 0 Å². The highest BCUT2D eigenvalue weighted by molar-refractivity contribution is 7.10. The van der Waals surface area contributed by atoms with Gasteiger partial charge in [-0.05, 0) is 11.4 Å². The molecule has 0 unspecified atom stereocenters. The van der Waals surface area contributed by atoms with Crippen molar-refractivity contribution in [1.29, 1.82) is 0 Å². The van der Waals surface area contributed by atoms with Crippen molar-refractivity contribution in [3.05, 3.63) is 21.9 Å². The molecular weight excluding hydrogens is 218 g/mol. The van der Waals surface area contributed by atoms with Gasteiger partial charge < -0.3 is 0 Å². The standard InChI is InChI=1S/C6H2F6S/c7-5(8,9)3-1-2-13-4(3)6(10,11)12/h1-2H. The third-order valence-corrected chi connectivity index (χ3v) is 2.19. The molecule has 7 heteroatoms. The van der Waals surface area contributed by atoms with Crippen LogP contribution in [-0.4, -0.2) is 0 Å². The zero-order chi connectivity index (χ0) is 10.3. The summed E-state index contributed by atoms with van der Waals surface area (Å²) in [5.41, 5.74) is -1.62. The fraction of sp³-hybridized carbons (Fsp3) is 0.333. The van der Waals surface area contributed by atoms with E-state index < -0.39 is 22.8 Å². The summed E-state index contributed by atoms with van der Waals surface area (Å²) >= 11 is 0.0384. The van der Waals surface area contributed by atoms with Gasteiger partial charge in [0.15, 0.2) is 0 Å². The van der Waals surface area contributed by atoms with Crippen molar-refractivity contribution in [3.8, 4) is 0 Å². The Morgan fingerprint density at radius 1 is 0.923 bits per heavy atom. The van der Waals surface area contributed by atoms with E-state index in [1.54, 1.807) is 0 Å². The molecule has 0 saturated carbocycles. The van der Waals surface area contributed by atoms with Crippen LogP contribution in [0.25, 0.3) is 0 Å². The molecule has 0 amide bonds. The summed E-state index contributed by atoms with van der Waals surface area (Å²) in [7, 11) is 0. The van der Waals surface area contributed by atoms with Gasteiger partial charge in [0.05, 0.1) is 5.56 Å². The Labute approximate surface area is 72.8 Å². The monoisotopic (exact) mass is 220 g/mol. The lowest BCUT2D eigenvalue weighted by molar-refractivity contribution is -0.159. The Morgan fingerprint density at radius 3 is 1.77 bits per heavy atom. The maximum atomic E-state index is 11.9. The molecule has 0 aliphatic carbocycles. The van der Waals surface area contributed by atoms with Crippen LogP contribution in [0.15, 0.2) is 11.4 Å². The summed E-state index contributed by atoms with van der Waals surface area (Å²) < 4.78 is 71.5. The third kappa shape index (κ3) is 2.15. The lowest BCUT2D eigenvalue weighted by atomic mass is 10.2. The van der Waals surface area contributed by atoms with Gasteiger partial charge in [-0.3, -0.25) is 0 Å². The molecule has 1 heterocycles. The smallest absolute Gasteiger partial charge is 0.166 e. The topological polar surface area (TPSA) is 0 Å². The van der Waals surface area contributed by atoms with Crippen molar-refractivity contribution in [2.24, 2.45) is 0 Å². The molecule has 0 aromatic carbocycles. The van der Waals surface area contributed by atoms with E-state index in [0.29, 0.717) is 6.07 Å². The third-order valence-electron chi connectivity index (χ3n) is 1.23. The number of hydrogen-bond acceptors (Lipinski definition) is 1. The Hall–Kier alpha value is -0.720.